The van der Waals surface area contributed by atoms with Crippen molar-refractivity contribution in [2.45, 2.75) is 44.8 Å². The standard InChI is InChI=1S/C30H31FN8O2/c1-30(2,34-3)15-19(16-32)29(40)38-13-7-8-20(38)17-39-28-25(27(33)35-18-36-28)26(37-39)23-12-11-22(14-24(23)31)41-21-9-5-4-6-10-21/h4-6,9-12,14-15,18,20,34H,7-8,13,17H2,1-3H3,(H2,33,35,36). The molecule has 0 saturated carbocycles. The first-order valence-corrected chi connectivity index (χ1v) is 13.3. The Labute approximate surface area is 237 Å². The number of benzene rings is 2. The SMILES string of the molecule is CNC(C)(C)C=C(C#N)C(=O)N1CCCC1Cn1nc(-c2ccc(Oc3ccccc3)cc2F)c2c(N)ncnc21. The van der Waals surface area contributed by atoms with Gasteiger partial charge in [0.15, 0.2) is 5.65 Å². The second kappa shape index (κ2) is 11.3. The molecular formula is C30H31FN8O2. The quantitative estimate of drug-likeness (QED) is 0.241. The van der Waals surface area contributed by atoms with Gasteiger partial charge in [0.1, 0.15) is 46.8 Å². The summed E-state index contributed by atoms with van der Waals surface area (Å²) in [7, 11) is 1.77. The van der Waals surface area contributed by atoms with Gasteiger partial charge in [0.25, 0.3) is 5.91 Å². The van der Waals surface area contributed by atoms with Crippen LogP contribution in [0.1, 0.15) is 26.7 Å². The van der Waals surface area contributed by atoms with E-state index in [9.17, 15) is 10.1 Å². The van der Waals surface area contributed by atoms with Crippen LogP contribution in [0, 0.1) is 17.1 Å². The average molecular weight is 555 g/mol. The van der Waals surface area contributed by atoms with Crippen LogP contribution in [0.15, 0.2) is 66.5 Å². The van der Waals surface area contributed by atoms with Gasteiger partial charge in [-0.25, -0.2) is 19.0 Å². The van der Waals surface area contributed by atoms with E-state index in [2.05, 4.69) is 21.4 Å². The van der Waals surface area contributed by atoms with Gasteiger partial charge in [-0.05, 0) is 64.1 Å². The van der Waals surface area contributed by atoms with Gasteiger partial charge in [-0.15, -0.1) is 0 Å². The van der Waals surface area contributed by atoms with Gasteiger partial charge in [0.05, 0.1) is 18.0 Å². The van der Waals surface area contributed by atoms with Gasteiger partial charge in [0.2, 0.25) is 0 Å². The number of likely N-dealkylation sites (tertiary alicyclic amines) is 1. The Hall–Kier alpha value is -4.82. The number of nitrogen functional groups attached to an aromatic ring is 1. The number of aromatic nitrogens is 4. The number of nitrogens with one attached hydrogen (secondary N) is 1. The van der Waals surface area contributed by atoms with Crippen molar-refractivity contribution in [3.8, 4) is 28.8 Å². The minimum atomic E-state index is -0.540. The summed E-state index contributed by atoms with van der Waals surface area (Å²) in [6.07, 6.45) is 4.48. The molecule has 1 aliphatic heterocycles. The maximum absolute atomic E-state index is 15.5. The lowest BCUT2D eigenvalue weighted by Crippen LogP contribution is -2.40. The number of carbonyl (C=O) groups excluding carboxylic acids is 1. The number of nitrogens with zero attached hydrogens (tertiary/aromatic N) is 6. The molecule has 0 bridgehead atoms. The molecule has 1 atom stereocenters. The molecule has 3 N–H and O–H groups in total. The number of hydrogen-bond acceptors (Lipinski definition) is 8. The number of likely N-dealkylation sites (N-methyl/N-ethyl adjacent to an activating group) is 1. The minimum absolute atomic E-state index is 0.0775. The summed E-state index contributed by atoms with van der Waals surface area (Å²) in [5, 5.41) is 18.0. The van der Waals surface area contributed by atoms with Crippen molar-refractivity contribution in [2.24, 2.45) is 0 Å². The molecule has 11 heteroatoms. The van der Waals surface area contributed by atoms with Crippen molar-refractivity contribution in [1.82, 2.24) is 30.0 Å². The molecule has 1 amide bonds. The van der Waals surface area contributed by atoms with Crippen molar-refractivity contribution < 1.29 is 13.9 Å². The fourth-order valence-corrected chi connectivity index (χ4v) is 4.94. The molecule has 0 radical (unpaired) electrons. The zero-order valence-corrected chi connectivity index (χ0v) is 23.1. The van der Waals surface area contributed by atoms with Crippen LogP contribution in [-0.2, 0) is 11.3 Å². The van der Waals surface area contributed by atoms with Crippen molar-refractivity contribution in [2.75, 3.05) is 19.3 Å². The van der Waals surface area contributed by atoms with Gasteiger partial charge in [0, 0.05) is 23.7 Å². The number of nitrogens with two attached hydrogens (primary N) is 1. The van der Waals surface area contributed by atoms with Crippen molar-refractivity contribution in [3.63, 3.8) is 0 Å². The highest BCUT2D eigenvalue weighted by Crippen LogP contribution is 2.35. The number of halogens is 1. The van der Waals surface area contributed by atoms with E-state index in [-0.39, 0.29) is 28.9 Å². The predicted octanol–water partition coefficient (Wildman–Crippen LogP) is 4.45. The second-order valence-electron chi connectivity index (χ2n) is 10.5. The van der Waals surface area contributed by atoms with Gasteiger partial charge >= 0.3 is 0 Å². The summed E-state index contributed by atoms with van der Waals surface area (Å²) in [6, 6.07) is 15.5. The zero-order chi connectivity index (χ0) is 29.1. The molecule has 4 aromatic rings. The maximum atomic E-state index is 15.5. The first kappa shape index (κ1) is 27.7. The predicted molar refractivity (Wildman–Crippen MR) is 153 cm³/mol. The Bertz CT molecular complexity index is 1660. The number of ether oxygens (including phenoxy) is 1. The third-order valence-corrected chi connectivity index (χ3v) is 7.26. The number of para-hydroxylation sites is 1. The molecule has 1 unspecified atom stereocenters. The Kier molecular flexibility index (Phi) is 7.68. The molecule has 1 fully saturated rings. The van der Waals surface area contributed by atoms with Gasteiger partial charge in [-0.3, -0.25) is 4.79 Å². The molecule has 1 saturated heterocycles. The van der Waals surface area contributed by atoms with Crippen LogP contribution in [-0.4, -0.2) is 55.7 Å². The fraction of sp³-hybridized carbons (Fsp3) is 0.300. The summed E-state index contributed by atoms with van der Waals surface area (Å²) in [6.45, 7) is 4.59. The van der Waals surface area contributed by atoms with E-state index in [0.717, 1.165) is 12.8 Å². The summed E-state index contributed by atoms with van der Waals surface area (Å²) in [5.74, 6) is 0.231. The molecule has 0 aliphatic carbocycles. The van der Waals surface area contributed by atoms with Crippen LogP contribution in [0.2, 0.25) is 0 Å². The van der Waals surface area contributed by atoms with E-state index in [4.69, 9.17) is 15.6 Å². The van der Waals surface area contributed by atoms with E-state index >= 15 is 4.39 Å². The van der Waals surface area contributed by atoms with Crippen LogP contribution in [0.25, 0.3) is 22.3 Å². The van der Waals surface area contributed by atoms with E-state index in [1.54, 1.807) is 47.0 Å². The molecule has 41 heavy (non-hydrogen) atoms. The highest BCUT2D eigenvalue weighted by Gasteiger charge is 2.33. The summed E-state index contributed by atoms with van der Waals surface area (Å²) < 4.78 is 22.9. The lowest BCUT2D eigenvalue weighted by molar-refractivity contribution is -0.127. The number of rotatable bonds is 8. The lowest BCUT2D eigenvalue weighted by atomic mass is 10.0. The lowest BCUT2D eigenvalue weighted by Gasteiger charge is -2.26. The van der Waals surface area contributed by atoms with Crippen molar-refractivity contribution >= 4 is 22.8 Å². The monoisotopic (exact) mass is 554 g/mol. The largest absolute Gasteiger partial charge is 0.457 e. The third kappa shape index (κ3) is 5.73. The van der Waals surface area contributed by atoms with Crippen LogP contribution in [0.4, 0.5) is 10.2 Å². The normalized spacial score (nSPS) is 15.7. The highest BCUT2D eigenvalue weighted by molar-refractivity contribution is 5.99. The number of nitriles is 1. The van der Waals surface area contributed by atoms with E-state index in [0.29, 0.717) is 41.3 Å². The third-order valence-electron chi connectivity index (χ3n) is 7.26. The second-order valence-corrected chi connectivity index (χ2v) is 10.5. The first-order valence-electron chi connectivity index (χ1n) is 13.3. The molecule has 2 aromatic carbocycles. The molecule has 3 heterocycles. The summed E-state index contributed by atoms with van der Waals surface area (Å²) in [5.41, 5.74) is 6.74. The number of carbonyl (C=O) groups is 1. The van der Waals surface area contributed by atoms with E-state index in [1.165, 1.54) is 12.4 Å². The number of hydrogen-bond donors (Lipinski definition) is 2. The number of fused-ring (bicyclic) bond motifs is 1. The smallest absolute Gasteiger partial charge is 0.264 e. The van der Waals surface area contributed by atoms with Gasteiger partial charge in [-0.1, -0.05) is 18.2 Å². The molecule has 1 aliphatic rings. The van der Waals surface area contributed by atoms with Crippen LogP contribution in [0.3, 0.4) is 0 Å². The van der Waals surface area contributed by atoms with Gasteiger partial charge < -0.3 is 20.7 Å². The zero-order valence-electron chi connectivity index (χ0n) is 23.1. The molecule has 2 aromatic heterocycles. The number of amides is 1. The fourth-order valence-electron chi connectivity index (χ4n) is 4.94. The average Bonchev–Trinajstić information content (AvgIpc) is 3.58. The topological polar surface area (TPSA) is 135 Å². The van der Waals surface area contributed by atoms with E-state index in [1.807, 2.05) is 32.0 Å². The molecule has 210 valence electrons. The highest BCUT2D eigenvalue weighted by atomic mass is 19.1. The Balaban J connectivity index is 1.47. The van der Waals surface area contributed by atoms with Crippen molar-refractivity contribution in [3.05, 3.63) is 72.3 Å². The Morgan fingerprint density at radius 1 is 1.24 bits per heavy atom. The van der Waals surface area contributed by atoms with Crippen molar-refractivity contribution in [1.29, 1.82) is 5.26 Å². The molecular weight excluding hydrogens is 523 g/mol. The Morgan fingerprint density at radius 2 is 2.02 bits per heavy atom. The van der Waals surface area contributed by atoms with Crippen LogP contribution < -0.4 is 15.8 Å². The maximum Gasteiger partial charge on any atom is 0.264 e. The van der Waals surface area contributed by atoms with Crippen LogP contribution >= 0.6 is 0 Å². The Morgan fingerprint density at radius 3 is 2.73 bits per heavy atom. The summed E-state index contributed by atoms with van der Waals surface area (Å²) >= 11 is 0. The number of anilines is 1. The van der Waals surface area contributed by atoms with E-state index < -0.39 is 11.4 Å². The first-order chi connectivity index (χ1) is 19.7. The molecule has 10 nitrogen and oxygen atoms in total. The van der Waals surface area contributed by atoms with Crippen LogP contribution in [0.5, 0.6) is 11.5 Å². The van der Waals surface area contributed by atoms with Gasteiger partial charge in [-0.2, -0.15) is 10.4 Å². The minimum Gasteiger partial charge on any atom is -0.457 e. The summed E-state index contributed by atoms with van der Waals surface area (Å²) in [4.78, 5) is 23.6. The molecule has 0 spiro atoms. The molecule has 5 rings (SSSR count).